The average Bonchev–Trinajstić information content (AvgIpc) is 2.28. The van der Waals surface area contributed by atoms with E-state index in [9.17, 15) is 0 Å². The number of likely N-dealkylation sites (N-methyl/N-ethyl adjacent to an activating group) is 1. The Labute approximate surface area is 104 Å². The molecule has 1 atom stereocenters. The van der Waals surface area contributed by atoms with Gasteiger partial charge in [0.25, 0.3) is 0 Å². The molecule has 0 spiro atoms. The Morgan fingerprint density at radius 1 is 1.35 bits per heavy atom. The summed E-state index contributed by atoms with van der Waals surface area (Å²) in [5.41, 5.74) is 6.84. The molecule has 1 heterocycles. The number of pyridine rings is 1. The normalized spacial score (nSPS) is 12.8. The summed E-state index contributed by atoms with van der Waals surface area (Å²) in [6, 6.07) is 4.05. The standard InChI is InChI=1S/C13H23N3O/c1-10(2)17-8-7-16(4)13-6-5-12(9-15-13)11(3)14/h5-6,9-11H,7-8,14H2,1-4H3/t11-/m1/s1. The third kappa shape index (κ3) is 4.71. The van der Waals surface area contributed by atoms with Crippen molar-refractivity contribution in [2.45, 2.75) is 32.9 Å². The van der Waals surface area contributed by atoms with Crippen LogP contribution in [-0.2, 0) is 4.74 Å². The highest BCUT2D eigenvalue weighted by Crippen LogP contribution is 2.13. The van der Waals surface area contributed by atoms with Gasteiger partial charge < -0.3 is 15.4 Å². The third-order valence-electron chi connectivity index (χ3n) is 2.57. The summed E-state index contributed by atoms with van der Waals surface area (Å²) >= 11 is 0. The Morgan fingerprint density at radius 2 is 2.06 bits per heavy atom. The highest BCUT2D eigenvalue weighted by molar-refractivity contribution is 5.38. The quantitative estimate of drug-likeness (QED) is 0.821. The first-order valence-corrected chi connectivity index (χ1v) is 6.05. The lowest BCUT2D eigenvalue weighted by atomic mass is 10.1. The van der Waals surface area contributed by atoms with E-state index in [0.717, 1.165) is 17.9 Å². The van der Waals surface area contributed by atoms with Crippen molar-refractivity contribution in [1.82, 2.24) is 4.98 Å². The highest BCUT2D eigenvalue weighted by atomic mass is 16.5. The second-order valence-electron chi connectivity index (χ2n) is 4.58. The van der Waals surface area contributed by atoms with Gasteiger partial charge in [0.15, 0.2) is 0 Å². The van der Waals surface area contributed by atoms with E-state index in [-0.39, 0.29) is 12.1 Å². The van der Waals surface area contributed by atoms with Gasteiger partial charge in [0, 0.05) is 25.8 Å². The van der Waals surface area contributed by atoms with Gasteiger partial charge >= 0.3 is 0 Å². The molecule has 0 fully saturated rings. The Bertz CT molecular complexity index is 322. The van der Waals surface area contributed by atoms with Gasteiger partial charge in [0.1, 0.15) is 5.82 Å². The van der Waals surface area contributed by atoms with E-state index >= 15 is 0 Å². The molecule has 0 aromatic carbocycles. The van der Waals surface area contributed by atoms with Crippen LogP contribution in [0.5, 0.6) is 0 Å². The summed E-state index contributed by atoms with van der Waals surface area (Å²) in [6.45, 7) is 7.58. The van der Waals surface area contributed by atoms with Crippen molar-refractivity contribution in [2.24, 2.45) is 5.73 Å². The van der Waals surface area contributed by atoms with Gasteiger partial charge in [-0.1, -0.05) is 6.07 Å². The van der Waals surface area contributed by atoms with E-state index in [1.807, 2.05) is 46.1 Å². The fourth-order valence-electron chi connectivity index (χ4n) is 1.43. The highest BCUT2D eigenvalue weighted by Gasteiger charge is 2.04. The van der Waals surface area contributed by atoms with E-state index in [2.05, 4.69) is 9.88 Å². The molecule has 1 aromatic heterocycles. The lowest BCUT2D eigenvalue weighted by Crippen LogP contribution is -2.24. The molecular formula is C13H23N3O. The average molecular weight is 237 g/mol. The zero-order chi connectivity index (χ0) is 12.8. The van der Waals surface area contributed by atoms with Crippen molar-refractivity contribution in [3.63, 3.8) is 0 Å². The van der Waals surface area contributed by atoms with Gasteiger partial charge in [0.2, 0.25) is 0 Å². The predicted molar refractivity (Wildman–Crippen MR) is 71.2 cm³/mol. The Hall–Kier alpha value is -1.13. The van der Waals surface area contributed by atoms with Gasteiger partial charge in [-0.15, -0.1) is 0 Å². The van der Waals surface area contributed by atoms with Gasteiger partial charge in [-0.3, -0.25) is 0 Å². The van der Waals surface area contributed by atoms with Crippen LogP contribution < -0.4 is 10.6 Å². The molecule has 0 saturated carbocycles. The smallest absolute Gasteiger partial charge is 0.128 e. The second-order valence-corrected chi connectivity index (χ2v) is 4.58. The number of aromatic nitrogens is 1. The van der Waals surface area contributed by atoms with Crippen LogP contribution >= 0.6 is 0 Å². The number of ether oxygens (including phenoxy) is 1. The van der Waals surface area contributed by atoms with Crippen LogP contribution in [0.15, 0.2) is 18.3 Å². The minimum atomic E-state index is 0.0335. The zero-order valence-corrected chi connectivity index (χ0v) is 11.2. The summed E-state index contributed by atoms with van der Waals surface area (Å²) in [5, 5.41) is 0. The number of rotatable bonds is 6. The van der Waals surface area contributed by atoms with Crippen molar-refractivity contribution >= 4 is 5.82 Å². The number of nitrogens with zero attached hydrogens (tertiary/aromatic N) is 2. The summed E-state index contributed by atoms with van der Waals surface area (Å²) in [5.74, 6) is 0.946. The summed E-state index contributed by atoms with van der Waals surface area (Å²) in [4.78, 5) is 6.46. The largest absolute Gasteiger partial charge is 0.377 e. The SMILES string of the molecule is CC(C)OCCN(C)c1ccc([C@@H](C)N)cn1. The molecule has 0 aliphatic rings. The summed E-state index contributed by atoms with van der Waals surface area (Å²) in [7, 11) is 2.01. The number of hydrogen-bond donors (Lipinski definition) is 1. The minimum Gasteiger partial charge on any atom is -0.377 e. The molecule has 0 aliphatic heterocycles. The Kier molecular flexibility index (Phi) is 5.38. The van der Waals surface area contributed by atoms with Crippen molar-refractivity contribution < 1.29 is 4.74 Å². The van der Waals surface area contributed by atoms with Crippen LogP contribution in [-0.4, -0.2) is 31.3 Å². The Morgan fingerprint density at radius 3 is 2.53 bits per heavy atom. The maximum Gasteiger partial charge on any atom is 0.128 e. The Balaban J connectivity index is 2.48. The van der Waals surface area contributed by atoms with Gasteiger partial charge in [-0.25, -0.2) is 4.98 Å². The van der Waals surface area contributed by atoms with Crippen molar-refractivity contribution in [1.29, 1.82) is 0 Å². The van der Waals surface area contributed by atoms with Crippen molar-refractivity contribution in [2.75, 3.05) is 25.1 Å². The van der Waals surface area contributed by atoms with Crippen LogP contribution in [0.25, 0.3) is 0 Å². The molecule has 0 unspecified atom stereocenters. The lowest BCUT2D eigenvalue weighted by molar-refractivity contribution is 0.0845. The maximum absolute atomic E-state index is 5.78. The fraction of sp³-hybridized carbons (Fsp3) is 0.615. The van der Waals surface area contributed by atoms with Gasteiger partial charge in [0.05, 0.1) is 12.7 Å². The van der Waals surface area contributed by atoms with Crippen LogP contribution in [0.4, 0.5) is 5.82 Å². The second kappa shape index (κ2) is 6.57. The molecule has 2 N–H and O–H groups in total. The van der Waals surface area contributed by atoms with E-state index in [0.29, 0.717) is 6.61 Å². The molecule has 0 amide bonds. The molecule has 1 rings (SSSR count). The predicted octanol–water partition coefficient (Wildman–Crippen LogP) is 1.96. The molecule has 4 heteroatoms. The first kappa shape index (κ1) is 13.9. The first-order valence-electron chi connectivity index (χ1n) is 6.05. The van der Waals surface area contributed by atoms with E-state index in [1.54, 1.807) is 0 Å². The molecule has 17 heavy (non-hydrogen) atoms. The van der Waals surface area contributed by atoms with E-state index in [1.165, 1.54) is 0 Å². The zero-order valence-electron chi connectivity index (χ0n) is 11.2. The fourth-order valence-corrected chi connectivity index (χ4v) is 1.43. The maximum atomic E-state index is 5.78. The molecule has 0 radical (unpaired) electrons. The molecule has 4 nitrogen and oxygen atoms in total. The van der Waals surface area contributed by atoms with Crippen molar-refractivity contribution in [3.8, 4) is 0 Å². The molecule has 1 aromatic rings. The molecule has 0 bridgehead atoms. The van der Waals surface area contributed by atoms with Gasteiger partial charge in [-0.05, 0) is 32.4 Å². The summed E-state index contributed by atoms with van der Waals surface area (Å²) in [6.07, 6.45) is 2.11. The van der Waals surface area contributed by atoms with Gasteiger partial charge in [-0.2, -0.15) is 0 Å². The number of anilines is 1. The van der Waals surface area contributed by atoms with E-state index in [4.69, 9.17) is 10.5 Å². The van der Waals surface area contributed by atoms with Crippen LogP contribution in [0, 0.1) is 0 Å². The monoisotopic (exact) mass is 237 g/mol. The first-order chi connectivity index (χ1) is 8.00. The third-order valence-corrected chi connectivity index (χ3v) is 2.57. The topological polar surface area (TPSA) is 51.4 Å². The van der Waals surface area contributed by atoms with E-state index < -0.39 is 0 Å². The number of nitrogens with two attached hydrogens (primary N) is 1. The van der Waals surface area contributed by atoms with Crippen LogP contribution in [0.1, 0.15) is 32.4 Å². The van der Waals surface area contributed by atoms with Crippen LogP contribution in [0.3, 0.4) is 0 Å². The molecular weight excluding hydrogens is 214 g/mol. The molecule has 0 aliphatic carbocycles. The number of hydrogen-bond acceptors (Lipinski definition) is 4. The molecule has 96 valence electrons. The minimum absolute atomic E-state index is 0.0335. The van der Waals surface area contributed by atoms with Crippen molar-refractivity contribution in [3.05, 3.63) is 23.9 Å². The summed E-state index contributed by atoms with van der Waals surface area (Å²) < 4.78 is 5.51. The van der Waals surface area contributed by atoms with Crippen LogP contribution in [0.2, 0.25) is 0 Å². The lowest BCUT2D eigenvalue weighted by Gasteiger charge is -2.19. The molecule has 0 saturated heterocycles.